The second-order valence-corrected chi connectivity index (χ2v) is 4.36. The van der Waals surface area contributed by atoms with Crippen molar-refractivity contribution in [1.82, 2.24) is 5.32 Å². The fourth-order valence-corrected chi connectivity index (χ4v) is 1.20. The molecule has 0 aromatic carbocycles. The fourth-order valence-electron chi connectivity index (χ4n) is 1.20. The second-order valence-electron chi connectivity index (χ2n) is 4.36. The van der Waals surface area contributed by atoms with Crippen molar-refractivity contribution in [3.63, 3.8) is 0 Å². The van der Waals surface area contributed by atoms with Crippen molar-refractivity contribution in [2.75, 3.05) is 13.2 Å². The van der Waals surface area contributed by atoms with Crippen LogP contribution in [-0.4, -0.2) is 36.4 Å². The molecule has 0 aliphatic carbocycles. The zero-order valence-corrected chi connectivity index (χ0v) is 10.7. The molecule has 0 fully saturated rings. The highest BCUT2D eigenvalue weighted by molar-refractivity contribution is 5.75. The number of carbonyl (C=O) groups excluding carboxylic acids is 1. The molecular weight excluding hydrogens is 206 g/mol. The van der Waals surface area contributed by atoms with Crippen molar-refractivity contribution < 1.29 is 14.6 Å². The summed E-state index contributed by atoms with van der Waals surface area (Å²) >= 11 is 0. The van der Waals surface area contributed by atoms with Gasteiger partial charge in [-0.3, -0.25) is 4.79 Å². The highest BCUT2D eigenvalue weighted by atomic mass is 16.5. The van der Waals surface area contributed by atoms with Crippen LogP contribution in [-0.2, 0) is 9.53 Å². The van der Waals surface area contributed by atoms with Crippen LogP contribution in [0.4, 0.5) is 0 Å². The molecule has 0 rings (SSSR count). The standard InChI is InChI=1S/C12H25NO3/c1-10(2)16-9-5-4-8-13-12(15)7-6-11(3)14/h10-11,14H,4-9H2,1-3H3,(H,13,15). The van der Waals surface area contributed by atoms with E-state index in [0.717, 1.165) is 19.4 Å². The van der Waals surface area contributed by atoms with Gasteiger partial charge in [0.2, 0.25) is 5.91 Å². The zero-order chi connectivity index (χ0) is 12.4. The summed E-state index contributed by atoms with van der Waals surface area (Å²) in [6, 6.07) is 0. The van der Waals surface area contributed by atoms with Crippen LogP contribution in [0.2, 0.25) is 0 Å². The molecule has 0 saturated carbocycles. The van der Waals surface area contributed by atoms with E-state index in [4.69, 9.17) is 9.84 Å². The van der Waals surface area contributed by atoms with E-state index in [1.165, 1.54) is 0 Å². The van der Waals surface area contributed by atoms with Gasteiger partial charge in [-0.15, -0.1) is 0 Å². The molecule has 4 heteroatoms. The Labute approximate surface area is 98.4 Å². The highest BCUT2D eigenvalue weighted by Crippen LogP contribution is 1.96. The Morgan fingerprint density at radius 2 is 2.00 bits per heavy atom. The molecule has 1 amide bonds. The Hall–Kier alpha value is -0.610. The summed E-state index contributed by atoms with van der Waals surface area (Å²) in [5, 5.41) is 11.8. The second kappa shape index (κ2) is 9.60. The van der Waals surface area contributed by atoms with Crippen molar-refractivity contribution >= 4 is 5.91 Å². The fraction of sp³-hybridized carbons (Fsp3) is 0.917. The average molecular weight is 231 g/mol. The minimum Gasteiger partial charge on any atom is -0.393 e. The van der Waals surface area contributed by atoms with E-state index in [1.807, 2.05) is 13.8 Å². The van der Waals surface area contributed by atoms with Gasteiger partial charge in [0.15, 0.2) is 0 Å². The summed E-state index contributed by atoms with van der Waals surface area (Å²) in [5.74, 6) is 0.0191. The van der Waals surface area contributed by atoms with Gasteiger partial charge in [0.25, 0.3) is 0 Å². The first kappa shape index (κ1) is 15.4. The largest absolute Gasteiger partial charge is 0.393 e. The van der Waals surface area contributed by atoms with Crippen molar-refractivity contribution in [1.29, 1.82) is 0 Å². The third kappa shape index (κ3) is 11.5. The Morgan fingerprint density at radius 1 is 1.31 bits per heavy atom. The molecule has 1 atom stereocenters. The summed E-state index contributed by atoms with van der Waals surface area (Å²) in [6.45, 7) is 7.16. The van der Waals surface area contributed by atoms with Crippen molar-refractivity contribution in [2.24, 2.45) is 0 Å². The summed E-state index contributed by atoms with van der Waals surface area (Å²) in [5.41, 5.74) is 0. The molecule has 0 radical (unpaired) electrons. The van der Waals surface area contributed by atoms with Gasteiger partial charge in [0, 0.05) is 19.6 Å². The first-order chi connectivity index (χ1) is 7.52. The summed E-state index contributed by atoms with van der Waals surface area (Å²) in [6.07, 6.45) is 2.72. The van der Waals surface area contributed by atoms with E-state index in [2.05, 4.69) is 5.32 Å². The number of unbranched alkanes of at least 4 members (excludes halogenated alkanes) is 1. The maximum atomic E-state index is 11.2. The van der Waals surface area contributed by atoms with E-state index >= 15 is 0 Å². The summed E-state index contributed by atoms with van der Waals surface area (Å²) < 4.78 is 5.38. The molecule has 0 bridgehead atoms. The minimum absolute atomic E-state index is 0.0191. The van der Waals surface area contributed by atoms with Crippen LogP contribution in [0.1, 0.15) is 46.5 Å². The number of hydrogen-bond acceptors (Lipinski definition) is 3. The number of aliphatic hydroxyl groups excluding tert-OH is 1. The molecule has 16 heavy (non-hydrogen) atoms. The van der Waals surface area contributed by atoms with Gasteiger partial charge in [0.1, 0.15) is 0 Å². The molecule has 0 aliphatic heterocycles. The topological polar surface area (TPSA) is 58.6 Å². The lowest BCUT2D eigenvalue weighted by atomic mass is 10.2. The van der Waals surface area contributed by atoms with Crippen LogP contribution < -0.4 is 5.32 Å². The molecule has 0 spiro atoms. The molecule has 96 valence electrons. The molecule has 0 aliphatic rings. The smallest absolute Gasteiger partial charge is 0.220 e. The number of nitrogens with one attached hydrogen (secondary N) is 1. The Balaban J connectivity index is 3.21. The predicted molar refractivity (Wildman–Crippen MR) is 64.2 cm³/mol. The average Bonchev–Trinajstić information content (AvgIpc) is 2.19. The van der Waals surface area contributed by atoms with Crippen molar-refractivity contribution in [2.45, 2.75) is 58.7 Å². The maximum Gasteiger partial charge on any atom is 0.220 e. The molecule has 0 heterocycles. The monoisotopic (exact) mass is 231 g/mol. The van der Waals surface area contributed by atoms with Crippen LogP contribution in [0.25, 0.3) is 0 Å². The normalized spacial score (nSPS) is 12.8. The van der Waals surface area contributed by atoms with Gasteiger partial charge in [-0.2, -0.15) is 0 Å². The van der Waals surface area contributed by atoms with Crippen LogP contribution in [0.5, 0.6) is 0 Å². The van der Waals surface area contributed by atoms with E-state index in [0.29, 0.717) is 19.4 Å². The van der Waals surface area contributed by atoms with Crippen LogP contribution in [0.15, 0.2) is 0 Å². The van der Waals surface area contributed by atoms with Gasteiger partial charge in [0.05, 0.1) is 12.2 Å². The van der Waals surface area contributed by atoms with Gasteiger partial charge in [-0.05, 0) is 40.0 Å². The van der Waals surface area contributed by atoms with E-state index < -0.39 is 6.10 Å². The maximum absolute atomic E-state index is 11.2. The summed E-state index contributed by atoms with van der Waals surface area (Å²) in [7, 11) is 0. The first-order valence-corrected chi connectivity index (χ1v) is 6.08. The summed E-state index contributed by atoms with van der Waals surface area (Å²) in [4.78, 5) is 11.2. The SMILES string of the molecule is CC(O)CCC(=O)NCCCCOC(C)C. The Bertz CT molecular complexity index is 181. The van der Waals surface area contributed by atoms with Gasteiger partial charge < -0.3 is 15.2 Å². The van der Waals surface area contributed by atoms with Crippen molar-refractivity contribution in [3.8, 4) is 0 Å². The Kier molecular flexibility index (Phi) is 9.24. The van der Waals surface area contributed by atoms with Crippen LogP contribution >= 0.6 is 0 Å². The lowest BCUT2D eigenvalue weighted by Crippen LogP contribution is -2.25. The van der Waals surface area contributed by atoms with Crippen LogP contribution in [0, 0.1) is 0 Å². The third-order valence-corrected chi connectivity index (χ3v) is 2.13. The van der Waals surface area contributed by atoms with Crippen LogP contribution in [0.3, 0.4) is 0 Å². The van der Waals surface area contributed by atoms with Crippen molar-refractivity contribution in [3.05, 3.63) is 0 Å². The number of carbonyl (C=O) groups is 1. The third-order valence-electron chi connectivity index (χ3n) is 2.13. The molecule has 0 saturated heterocycles. The van der Waals surface area contributed by atoms with Gasteiger partial charge in [-0.25, -0.2) is 0 Å². The molecule has 2 N–H and O–H groups in total. The first-order valence-electron chi connectivity index (χ1n) is 6.08. The van der Waals surface area contributed by atoms with E-state index in [1.54, 1.807) is 6.92 Å². The molecule has 4 nitrogen and oxygen atoms in total. The number of rotatable bonds is 9. The quantitative estimate of drug-likeness (QED) is 0.591. The predicted octanol–water partition coefficient (Wildman–Crippen LogP) is 1.47. The molecule has 1 unspecified atom stereocenters. The number of amides is 1. The lowest BCUT2D eigenvalue weighted by molar-refractivity contribution is -0.121. The van der Waals surface area contributed by atoms with Gasteiger partial charge >= 0.3 is 0 Å². The minimum atomic E-state index is -0.398. The lowest BCUT2D eigenvalue weighted by Gasteiger charge is -2.08. The zero-order valence-electron chi connectivity index (χ0n) is 10.7. The number of hydrogen-bond donors (Lipinski definition) is 2. The van der Waals surface area contributed by atoms with Gasteiger partial charge in [-0.1, -0.05) is 0 Å². The highest BCUT2D eigenvalue weighted by Gasteiger charge is 2.03. The number of aliphatic hydroxyl groups is 1. The molecule has 0 aromatic heterocycles. The van der Waals surface area contributed by atoms with E-state index in [-0.39, 0.29) is 12.0 Å². The number of ether oxygens (including phenoxy) is 1. The Morgan fingerprint density at radius 3 is 2.56 bits per heavy atom. The molecular formula is C12H25NO3. The molecule has 0 aromatic rings. The van der Waals surface area contributed by atoms with E-state index in [9.17, 15) is 4.79 Å².